The molecule has 4 rings (SSSR count). The van der Waals surface area contributed by atoms with Gasteiger partial charge in [0, 0.05) is 30.0 Å². The molecule has 1 heterocycles. The number of ketones is 1. The van der Waals surface area contributed by atoms with Crippen molar-refractivity contribution in [3.8, 4) is 11.1 Å². The second-order valence-electron chi connectivity index (χ2n) is 9.15. The van der Waals surface area contributed by atoms with Gasteiger partial charge >= 0.3 is 11.9 Å². The summed E-state index contributed by atoms with van der Waals surface area (Å²) >= 11 is 0. The van der Waals surface area contributed by atoms with Gasteiger partial charge in [0.2, 0.25) is 0 Å². The highest BCUT2D eigenvalue weighted by molar-refractivity contribution is 6.12. The molecular formula is C29H31NO6. The van der Waals surface area contributed by atoms with Crippen molar-refractivity contribution in [2.75, 3.05) is 27.4 Å². The Hall–Kier alpha value is -3.71. The van der Waals surface area contributed by atoms with E-state index in [1.165, 1.54) is 14.2 Å². The van der Waals surface area contributed by atoms with Crippen LogP contribution < -0.4 is 5.32 Å². The van der Waals surface area contributed by atoms with Crippen LogP contribution in [-0.4, -0.2) is 45.2 Å². The van der Waals surface area contributed by atoms with E-state index in [2.05, 4.69) is 5.32 Å². The third kappa shape index (κ3) is 4.84. The maximum Gasteiger partial charge on any atom is 0.336 e. The van der Waals surface area contributed by atoms with Crippen molar-refractivity contribution in [1.82, 2.24) is 5.32 Å². The minimum atomic E-state index is -0.925. The Bertz CT molecular complexity index is 1210. The predicted octanol–water partition coefficient (Wildman–Crippen LogP) is 4.16. The Kier molecular flexibility index (Phi) is 7.70. The van der Waals surface area contributed by atoms with Crippen molar-refractivity contribution < 1.29 is 28.6 Å². The summed E-state index contributed by atoms with van der Waals surface area (Å²) in [6.45, 7) is 4.02. The number of Topliss-reactive ketones (excluding diaryl/α,β-unsaturated/α-hetero) is 1. The Labute approximate surface area is 211 Å². The first-order valence-electron chi connectivity index (χ1n) is 12.0. The molecule has 1 aliphatic heterocycles. The number of rotatable bonds is 7. The topological polar surface area (TPSA) is 90.9 Å². The first-order chi connectivity index (χ1) is 17.4. The number of carbonyl (C=O) groups excluding carboxylic acids is 3. The van der Waals surface area contributed by atoms with Gasteiger partial charge in [-0.3, -0.25) is 9.59 Å². The third-order valence-corrected chi connectivity index (χ3v) is 6.83. The minimum absolute atomic E-state index is 0.0907. The fourth-order valence-electron chi connectivity index (χ4n) is 5.08. The van der Waals surface area contributed by atoms with Crippen molar-refractivity contribution in [3.05, 3.63) is 82.7 Å². The number of carbonyl (C=O) groups is 3. The van der Waals surface area contributed by atoms with E-state index in [4.69, 9.17) is 14.2 Å². The van der Waals surface area contributed by atoms with E-state index in [0.717, 1.165) is 22.4 Å². The maximum absolute atomic E-state index is 13.8. The summed E-state index contributed by atoms with van der Waals surface area (Å²) in [7, 11) is 2.82. The van der Waals surface area contributed by atoms with E-state index in [-0.39, 0.29) is 24.9 Å². The number of methoxy groups -OCH3 is 2. The van der Waals surface area contributed by atoms with Crippen molar-refractivity contribution in [3.63, 3.8) is 0 Å². The van der Waals surface area contributed by atoms with E-state index in [1.807, 2.05) is 68.4 Å². The molecule has 3 atom stereocenters. The standard InChI is InChI=1S/C29H31NO6/c1-17-16-22-26(27(31)23(17)28(32)35-4)25(24(18(2)30-22)29(33)36-15-14-34-3)21-12-10-20(11-13-21)19-8-6-5-7-9-19/h5-13,17,23,25,30H,14-16H2,1-4H3. The molecule has 0 saturated heterocycles. The molecule has 2 aromatic carbocycles. The number of nitrogens with one attached hydrogen (secondary N) is 1. The quantitative estimate of drug-likeness (QED) is 0.355. The van der Waals surface area contributed by atoms with Crippen LogP contribution >= 0.6 is 0 Å². The van der Waals surface area contributed by atoms with Crippen LogP contribution in [0.15, 0.2) is 77.1 Å². The van der Waals surface area contributed by atoms with E-state index in [9.17, 15) is 14.4 Å². The Balaban J connectivity index is 1.80. The maximum atomic E-state index is 13.8. The SMILES string of the molecule is COCCOC(=O)C1=C(C)NC2=C(C(=O)C(C(=O)OC)C(C)C2)C1c1ccc(-c2ccccc2)cc1. The average Bonchev–Trinajstić information content (AvgIpc) is 2.88. The number of allylic oxidation sites excluding steroid dienone is 3. The molecule has 3 unspecified atom stereocenters. The Morgan fingerprint density at radius 2 is 1.64 bits per heavy atom. The molecule has 1 N–H and O–H groups in total. The summed E-state index contributed by atoms with van der Waals surface area (Å²) in [4.78, 5) is 39.6. The van der Waals surface area contributed by atoms with Crippen molar-refractivity contribution in [2.45, 2.75) is 26.2 Å². The van der Waals surface area contributed by atoms with Crippen LogP contribution in [-0.2, 0) is 28.6 Å². The van der Waals surface area contributed by atoms with Crippen LogP contribution in [0.4, 0.5) is 0 Å². The summed E-state index contributed by atoms with van der Waals surface area (Å²) in [5, 5.41) is 3.27. The zero-order valence-electron chi connectivity index (χ0n) is 21.0. The highest BCUT2D eigenvalue weighted by Crippen LogP contribution is 2.45. The fraction of sp³-hybridized carbons (Fsp3) is 0.345. The Morgan fingerprint density at radius 1 is 0.972 bits per heavy atom. The molecule has 0 aromatic heterocycles. The molecule has 0 amide bonds. The molecule has 36 heavy (non-hydrogen) atoms. The highest BCUT2D eigenvalue weighted by Gasteiger charge is 2.47. The van der Waals surface area contributed by atoms with Crippen LogP contribution in [0, 0.1) is 11.8 Å². The van der Waals surface area contributed by atoms with Crippen LogP contribution in [0.3, 0.4) is 0 Å². The molecule has 0 saturated carbocycles. The van der Waals surface area contributed by atoms with Gasteiger partial charge in [0.1, 0.15) is 12.5 Å². The molecule has 188 valence electrons. The lowest BCUT2D eigenvalue weighted by Gasteiger charge is -2.38. The number of esters is 2. The van der Waals surface area contributed by atoms with Gasteiger partial charge in [-0.1, -0.05) is 61.5 Å². The van der Waals surface area contributed by atoms with Gasteiger partial charge in [-0.15, -0.1) is 0 Å². The highest BCUT2D eigenvalue weighted by atomic mass is 16.6. The summed E-state index contributed by atoms with van der Waals surface area (Å²) in [5.74, 6) is -3.25. The van der Waals surface area contributed by atoms with Crippen LogP contribution in [0.1, 0.15) is 31.7 Å². The molecular weight excluding hydrogens is 458 g/mol. The van der Waals surface area contributed by atoms with Crippen LogP contribution in [0.2, 0.25) is 0 Å². The zero-order valence-corrected chi connectivity index (χ0v) is 21.0. The normalized spacial score (nSPS) is 21.6. The number of hydrogen-bond donors (Lipinski definition) is 1. The fourth-order valence-corrected chi connectivity index (χ4v) is 5.08. The van der Waals surface area contributed by atoms with Crippen LogP contribution in [0.5, 0.6) is 0 Å². The van der Waals surface area contributed by atoms with Gasteiger partial charge in [-0.2, -0.15) is 0 Å². The van der Waals surface area contributed by atoms with Crippen molar-refractivity contribution in [1.29, 1.82) is 0 Å². The molecule has 7 heteroatoms. The first kappa shape index (κ1) is 25.4. The summed E-state index contributed by atoms with van der Waals surface area (Å²) in [6, 6.07) is 17.8. The van der Waals surface area contributed by atoms with Crippen molar-refractivity contribution in [2.24, 2.45) is 11.8 Å². The first-order valence-corrected chi connectivity index (χ1v) is 12.0. The van der Waals surface area contributed by atoms with Gasteiger partial charge in [0.05, 0.1) is 19.3 Å². The Morgan fingerprint density at radius 3 is 2.28 bits per heavy atom. The molecule has 2 aliphatic rings. The van der Waals surface area contributed by atoms with Gasteiger partial charge in [0.25, 0.3) is 0 Å². The summed E-state index contributed by atoms with van der Waals surface area (Å²) < 4.78 is 15.5. The van der Waals surface area contributed by atoms with Gasteiger partial charge in [-0.05, 0) is 36.0 Å². The minimum Gasteiger partial charge on any atom is -0.468 e. The average molecular weight is 490 g/mol. The van der Waals surface area contributed by atoms with Gasteiger partial charge in [-0.25, -0.2) is 4.79 Å². The lowest BCUT2D eigenvalue weighted by Crippen LogP contribution is -2.43. The van der Waals surface area contributed by atoms with Gasteiger partial charge in [0.15, 0.2) is 5.78 Å². The third-order valence-electron chi connectivity index (χ3n) is 6.83. The van der Waals surface area contributed by atoms with E-state index < -0.39 is 23.8 Å². The molecule has 0 radical (unpaired) electrons. The smallest absolute Gasteiger partial charge is 0.336 e. The summed E-state index contributed by atoms with van der Waals surface area (Å²) in [5.41, 5.74) is 4.98. The molecule has 7 nitrogen and oxygen atoms in total. The zero-order chi connectivity index (χ0) is 25.8. The van der Waals surface area contributed by atoms with Gasteiger partial charge < -0.3 is 19.5 Å². The molecule has 0 bridgehead atoms. The van der Waals surface area contributed by atoms with E-state index >= 15 is 0 Å². The molecule has 1 aliphatic carbocycles. The number of dihydropyridines is 1. The number of benzene rings is 2. The second kappa shape index (κ2) is 10.9. The lowest BCUT2D eigenvalue weighted by atomic mass is 9.69. The lowest BCUT2D eigenvalue weighted by molar-refractivity contribution is -0.151. The predicted molar refractivity (Wildman–Crippen MR) is 135 cm³/mol. The number of ether oxygens (including phenoxy) is 3. The van der Waals surface area contributed by atoms with E-state index in [1.54, 1.807) is 0 Å². The molecule has 0 fully saturated rings. The number of hydrogen-bond acceptors (Lipinski definition) is 7. The second-order valence-corrected chi connectivity index (χ2v) is 9.15. The molecule has 2 aromatic rings. The largest absolute Gasteiger partial charge is 0.468 e. The molecule has 0 spiro atoms. The van der Waals surface area contributed by atoms with Crippen LogP contribution in [0.25, 0.3) is 11.1 Å². The van der Waals surface area contributed by atoms with E-state index in [0.29, 0.717) is 23.3 Å². The monoisotopic (exact) mass is 489 g/mol. The summed E-state index contributed by atoms with van der Waals surface area (Å²) in [6.07, 6.45) is 0.489. The van der Waals surface area contributed by atoms with Crippen molar-refractivity contribution >= 4 is 17.7 Å².